The molecule has 5 nitrogen and oxygen atoms in total. The number of amides is 1. The van der Waals surface area contributed by atoms with E-state index in [2.05, 4.69) is 43.5 Å². The van der Waals surface area contributed by atoms with Crippen molar-refractivity contribution in [3.8, 4) is 0 Å². The van der Waals surface area contributed by atoms with Gasteiger partial charge in [-0.1, -0.05) is 35.7 Å². The van der Waals surface area contributed by atoms with Crippen molar-refractivity contribution in [1.82, 2.24) is 9.97 Å². The third-order valence-electron chi connectivity index (χ3n) is 3.08. The van der Waals surface area contributed by atoms with Gasteiger partial charge in [0, 0.05) is 29.1 Å². The molecule has 0 atom stereocenters. The summed E-state index contributed by atoms with van der Waals surface area (Å²) in [5.41, 5.74) is 1.16. The van der Waals surface area contributed by atoms with E-state index in [-0.39, 0.29) is 5.91 Å². The van der Waals surface area contributed by atoms with Crippen molar-refractivity contribution in [3.63, 3.8) is 0 Å². The standard InChI is InChI=1S/C16H19BrN4O/c1-2-3-4-9-18-16-19-10-12(11-20-16)15(22)21-14-7-5-13(17)6-8-14/h5-8,10-11H,2-4,9H2,1H3,(H,21,22)(H,18,19,20). The van der Waals surface area contributed by atoms with Gasteiger partial charge < -0.3 is 10.6 Å². The highest BCUT2D eigenvalue weighted by Crippen LogP contribution is 2.15. The van der Waals surface area contributed by atoms with Gasteiger partial charge in [-0.2, -0.15) is 0 Å². The lowest BCUT2D eigenvalue weighted by Crippen LogP contribution is -2.13. The number of hydrogen-bond donors (Lipinski definition) is 2. The second-order valence-corrected chi connectivity index (χ2v) is 5.81. The van der Waals surface area contributed by atoms with E-state index in [1.807, 2.05) is 24.3 Å². The van der Waals surface area contributed by atoms with Crippen LogP contribution in [0.25, 0.3) is 0 Å². The van der Waals surface area contributed by atoms with Crippen LogP contribution in [0.3, 0.4) is 0 Å². The van der Waals surface area contributed by atoms with Crippen molar-refractivity contribution in [2.45, 2.75) is 26.2 Å². The number of aromatic nitrogens is 2. The van der Waals surface area contributed by atoms with Gasteiger partial charge in [-0.05, 0) is 30.7 Å². The van der Waals surface area contributed by atoms with E-state index in [9.17, 15) is 4.79 Å². The molecule has 0 saturated heterocycles. The summed E-state index contributed by atoms with van der Waals surface area (Å²) in [5.74, 6) is 0.330. The van der Waals surface area contributed by atoms with Gasteiger partial charge in [0.25, 0.3) is 5.91 Å². The Morgan fingerprint density at radius 3 is 2.45 bits per heavy atom. The van der Waals surface area contributed by atoms with Gasteiger partial charge in [-0.15, -0.1) is 0 Å². The number of benzene rings is 1. The highest BCUT2D eigenvalue weighted by atomic mass is 79.9. The molecule has 0 bridgehead atoms. The first-order chi connectivity index (χ1) is 10.7. The topological polar surface area (TPSA) is 66.9 Å². The van der Waals surface area contributed by atoms with Crippen molar-refractivity contribution in [3.05, 3.63) is 46.7 Å². The van der Waals surface area contributed by atoms with Crippen LogP contribution in [0, 0.1) is 0 Å². The van der Waals surface area contributed by atoms with Crippen LogP contribution in [0.15, 0.2) is 41.1 Å². The average Bonchev–Trinajstić information content (AvgIpc) is 2.54. The minimum absolute atomic E-state index is 0.222. The van der Waals surface area contributed by atoms with Crippen molar-refractivity contribution < 1.29 is 4.79 Å². The molecule has 0 unspecified atom stereocenters. The molecule has 0 radical (unpaired) electrons. The molecule has 0 fully saturated rings. The van der Waals surface area contributed by atoms with Crippen LogP contribution in [0.4, 0.5) is 11.6 Å². The van der Waals surface area contributed by atoms with Gasteiger partial charge in [0.1, 0.15) is 0 Å². The lowest BCUT2D eigenvalue weighted by atomic mass is 10.2. The fourth-order valence-electron chi connectivity index (χ4n) is 1.85. The summed E-state index contributed by atoms with van der Waals surface area (Å²) in [4.78, 5) is 20.4. The molecule has 2 N–H and O–H groups in total. The molecular weight excluding hydrogens is 344 g/mol. The van der Waals surface area contributed by atoms with Crippen LogP contribution >= 0.6 is 15.9 Å². The third kappa shape index (κ3) is 5.11. The number of rotatable bonds is 7. The number of nitrogens with one attached hydrogen (secondary N) is 2. The first kappa shape index (κ1) is 16.4. The summed E-state index contributed by atoms with van der Waals surface area (Å²) >= 11 is 3.36. The maximum atomic E-state index is 12.1. The number of halogens is 1. The van der Waals surface area contributed by atoms with Gasteiger partial charge in [0.2, 0.25) is 5.95 Å². The molecule has 22 heavy (non-hydrogen) atoms. The normalized spacial score (nSPS) is 10.3. The van der Waals surface area contributed by atoms with E-state index in [0.717, 1.165) is 23.1 Å². The van der Waals surface area contributed by atoms with Crippen LogP contribution in [0.5, 0.6) is 0 Å². The van der Waals surface area contributed by atoms with E-state index in [4.69, 9.17) is 0 Å². The largest absolute Gasteiger partial charge is 0.354 e. The lowest BCUT2D eigenvalue weighted by Gasteiger charge is -2.06. The van der Waals surface area contributed by atoms with Crippen molar-refractivity contribution in [2.75, 3.05) is 17.2 Å². The SMILES string of the molecule is CCCCCNc1ncc(C(=O)Nc2ccc(Br)cc2)cn1. The van der Waals surface area contributed by atoms with Gasteiger partial charge in [-0.3, -0.25) is 4.79 Å². The maximum absolute atomic E-state index is 12.1. The lowest BCUT2D eigenvalue weighted by molar-refractivity contribution is 0.102. The Kier molecular flexibility index (Phi) is 6.33. The zero-order chi connectivity index (χ0) is 15.8. The molecule has 0 aliphatic heterocycles. The second kappa shape index (κ2) is 8.48. The number of carbonyl (C=O) groups is 1. The number of hydrogen-bond acceptors (Lipinski definition) is 4. The van der Waals surface area contributed by atoms with Crippen molar-refractivity contribution in [1.29, 1.82) is 0 Å². The molecule has 1 heterocycles. The van der Waals surface area contributed by atoms with Crippen LogP contribution in [-0.4, -0.2) is 22.4 Å². The minimum Gasteiger partial charge on any atom is -0.354 e. The highest BCUT2D eigenvalue weighted by molar-refractivity contribution is 9.10. The molecule has 0 saturated carbocycles. The fraction of sp³-hybridized carbons (Fsp3) is 0.312. The Hall–Kier alpha value is -1.95. The number of unbranched alkanes of at least 4 members (excludes halogenated alkanes) is 2. The quantitative estimate of drug-likeness (QED) is 0.727. The average molecular weight is 363 g/mol. The Bertz CT molecular complexity index is 599. The Morgan fingerprint density at radius 1 is 1.14 bits per heavy atom. The van der Waals surface area contributed by atoms with Gasteiger partial charge in [0.05, 0.1) is 5.56 Å². The molecule has 1 aromatic heterocycles. The molecular formula is C16H19BrN4O. The minimum atomic E-state index is -0.222. The third-order valence-corrected chi connectivity index (χ3v) is 3.61. The molecule has 0 spiro atoms. The van der Waals surface area contributed by atoms with Gasteiger partial charge in [-0.25, -0.2) is 9.97 Å². The monoisotopic (exact) mass is 362 g/mol. The molecule has 2 aromatic rings. The highest BCUT2D eigenvalue weighted by Gasteiger charge is 2.07. The number of carbonyl (C=O) groups excluding carboxylic acids is 1. The van der Waals surface area contributed by atoms with Crippen LogP contribution in [0.2, 0.25) is 0 Å². The first-order valence-electron chi connectivity index (χ1n) is 7.32. The smallest absolute Gasteiger partial charge is 0.258 e. The Morgan fingerprint density at radius 2 is 1.82 bits per heavy atom. The molecule has 2 rings (SSSR count). The summed E-state index contributed by atoms with van der Waals surface area (Å²) in [6.07, 6.45) is 6.51. The Labute approximate surface area is 138 Å². The molecule has 0 aliphatic rings. The van der Waals surface area contributed by atoms with E-state index in [1.165, 1.54) is 25.2 Å². The van der Waals surface area contributed by atoms with E-state index in [1.54, 1.807) is 0 Å². The van der Waals surface area contributed by atoms with Gasteiger partial charge >= 0.3 is 0 Å². The van der Waals surface area contributed by atoms with Crippen molar-refractivity contribution >= 4 is 33.5 Å². The summed E-state index contributed by atoms with van der Waals surface area (Å²) in [6.45, 7) is 3.01. The van der Waals surface area contributed by atoms with Crippen LogP contribution in [-0.2, 0) is 0 Å². The zero-order valence-corrected chi connectivity index (χ0v) is 14.1. The summed E-state index contributed by atoms with van der Waals surface area (Å²) in [7, 11) is 0. The number of anilines is 2. The first-order valence-corrected chi connectivity index (χ1v) is 8.11. The number of nitrogens with zero attached hydrogens (tertiary/aromatic N) is 2. The molecule has 116 valence electrons. The Balaban J connectivity index is 1.89. The zero-order valence-electron chi connectivity index (χ0n) is 12.5. The molecule has 6 heteroatoms. The molecule has 0 aliphatic carbocycles. The fourth-order valence-corrected chi connectivity index (χ4v) is 2.11. The van der Waals surface area contributed by atoms with Crippen LogP contribution in [0.1, 0.15) is 36.5 Å². The van der Waals surface area contributed by atoms with Gasteiger partial charge in [0.15, 0.2) is 0 Å². The molecule has 1 amide bonds. The predicted molar refractivity (Wildman–Crippen MR) is 92.1 cm³/mol. The maximum Gasteiger partial charge on any atom is 0.258 e. The second-order valence-electron chi connectivity index (χ2n) is 4.89. The van der Waals surface area contributed by atoms with Crippen LogP contribution < -0.4 is 10.6 Å². The van der Waals surface area contributed by atoms with Crippen molar-refractivity contribution in [2.24, 2.45) is 0 Å². The summed E-state index contributed by atoms with van der Waals surface area (Å²) < 4.78 is 0.965. The molecule has 1 aromatic carbocycles. The predicted octanol–water partition coefficient (Wildman–Crippen LogP) is 4.09. The van der Waals surface area contributed by atoms with E-state index >= 15 is 0 Å². The van der Waals surface area contributed by atoms with E-state index in [0.29, 0.717) is 11.5 Å². The summed E-state index contributed by atoms with van der Waals surface area (Å²) in [5, 5.41) is 5.95. The summed E-state index contributed by atoms with van der Waals surface area (Å²) in [6, 6.07) is 7.39. The van der Waals surface area contributed by atoms with E-state index < -0.39 is 0 Å².